The molecule has 0 aliphatic heterocycles. The fourth-order valence-electron chi connectivity index (χ4n) is 0.618. The molecule has 0 aliphatic carbocycles. The highest BCUT2D eigenvalue weighted by Gasteiger charge is 1.97. The molecule has 4 nitrogen and oxygen atoms in total. The van der Waals surface area contributed by atoms with E-state index in [0.717, 1.165) is 5.82 Å². The number of H-pyrrole nitrogens is 2. The van der Waals surface area contributed by atoms with Gasteiger partial charge in [-0.2, -0.15) is 0 Å². The highest BCUT2D eigenvalue weighted by atomic mass is 32.1. The molecule has 0 saturated carbocycles. The lowest BCUT2D eigenvalue weighted by atomic mass is 10.5. The zero-order valence-corrected chi connectivity index (χ0v) is 7.36. The molecule has 2 N–H and O–H groups in total. The molecule has 5 heteroatoms. The normalized spacial score (nSPS) is 10.8. The van der Waals surface area contributed by atoms with Crippen molar-refractivity contribution < 1.29 is 4.74 Å². The van der Waals surface area contributed by atoms with E-state index in [-0.39, 0.29) is 6.10 Å². The number of hydrogen-bond acceptors (Lipinski definition) is 3. The van der Waals surface area contributed by atoms with E-state index in [1.54, 1.807) is 0 Å². The molecule has 0 bridgehead atoms. The van der Waals surface area contributed by atoms with Crippen molar-refractivity contribution in [1.82, 2.24) is 15.2 Å². The summed E-state index contributed by atoms with van der Waals surface area (Å²) in [6.07, 6.45) is 0.216. The van der Waals surface area contributed by atoms with Crippen LogP contribution in [0.1, 0.15) is 19.7 Å². The number of rotatable bonds is 3. The van der Waals surface area contributed by atoms with Crippen LogP contribution in [0.4, 0.5) is 0 Å². The predicted molar refractivity (Wildman–Crippen MR) is 43.7 cm³/mol. The van der Waals surface area contributed by atoms with Crippen molar-refractivity contribution in [3.8, 4) is 0 Å². The van der Waals surface area contributed by atoms with Crippen molar-refractivity contribution in [2.24, 2.45) is 0 Å². The minimum atomic E-state index is 0.216. The van der Waals surface area contributed by atoms with Crippen molar-refractivity contribution in [2.45, 2.75) is 26.6 Å². The second-order valence-electron chi connectivity index (χ2n) is 2.47. The summed E-state index contributed by atoms with van der Waals surface area (Å²) in [5.74, 6) is 0.740. The summed E-state index contributed by atoms with van der Waals surface area (Å²) < 4.78 is 5.75. The molecular weight excluding hydrogens is 162 g/mol. The van der Waals surface area contributed by atoms with Crippen molar-refractivity contribution in [3.05, 3.63) is 10.6 Å². The van der Waals surface area contributed by atoms with Gasteiger partial charge in [-0.05, 0) is 26.1 Å². The molecule has 0 atom stereocenters. The van der Waals surface area contributed by atoms with Gasteiger partial charge in [0.1, 0.15) is 12.4 Å². The van der Waals surface area contributed by atoms with Crippen LogP contribution in [0.25, 0.3) is 0 Å². The minimum absolute atomic E-state index is 0.216. The average molecular weight is 173 g/mol. The molecule has 0 saturated heterocycles. The Morgan fingerprint density at radius 1 is 1.55 bits per heavy atom. The Bertz CT molecular complexity index is 265. The van der Waals surface area contributed by atoms with Gasteiger partial charge in [-0.15, -0.1) is 0 Å². The summed E-state index contributed by atoms with van der Waals surface area (Å²) in [6.45, 7) is 4.42. The van der Waals surface area contributed by atoms with Gasteiger partial charge in [0.05, 0.1) is 6.10 Å². The van der Waals surface area contributed by atoms with Crippen LogP contribution in [-0.2, 0) is 11.3 Å². The Hall–Kier alpha value is -0.680. The van der Waals surface area contributed by atoms with Crippen molar-refractivity contribution in [1.29, 1.82) is 0 Å². The maximum atomic E-state index is 5.28. The third-order valence-corrected chi connectivity index (χ3v) is 1.30. The SMILES string of the molecule is CC(C)OCc1nc(=S)[nH][nH]1. The molecule has 0 aliphatic rings. The molecule has 0 aromatic carbocycles. The summed E-state index contributed by atoms with van der Waals surface area (Å²) >= 11 is 4.76. The number of ether oxygens (including phenoxy) is 1. The van der Waals surface area contributed by atoms with Crippen molar-refractivity contribution in [3.63, 3.8) is 0 Å². The molecule has 0 amide bonds. The van der Waals surface area contributed by atoms with Crippen LogP contribution in [-0.4, -0.2) is 21.3 Å². The van der Waals surface area contributed by atoms with Gasteiger partial charge in [-0.25, -0.2) is 4.98 Å². The molecule has 0 radical (unpaired) electrons. The number of aromatic amines is 2. The number of hydrogen-bond donors (Lipinski definition) is 2. The summed E-state index contributed by atoms with van der Waals surface area (Å²) in [6, 6.07) is 0. The zero-order valence-electron chi connectivity index (χ0n) is 6.55. The van der Waals surface area contributed by atoms with Crippen LogP contribution in [0.5, 0.6) is 0 Å². The van der Waals surface area contributed by atoms with E-state index in [4.69, 9.17) is 17.0 Å². The zero-order chi connectivity index (χ0) is 8.27. The van der Waals surface area contributed by atoms with Crippen LogP contribution in [0.2, 0.25) is 0 Å². The van der Waals surface area contributed by atoms with Crippen LogP contribution < -0.4 is 0 Å². The highest BCUT2D eigenvalue weighted by Crippen LogP contribution is 1.95. The molecule has 1 aromatic heterocycles. The van der Waals surface area contributed by atoms with E-state index in [1.165, 1.54) is 0 Å². The van der Waals surface area contributed by atoms with Gasteiger partial charge in [0.15, 0.2) is 0 Å². The molecule has 0 fully saturated rings. The average Bonchev–Trinajstić information content (AvgIpc) is 2.31. The largest absolute Gasteiger partial charge is 0.371 e. The number of nitrogens with one attached hydrogen (secondary N) is 2. The van der Waals surface area contributed by atoms with Crippen LogP contribution >= 0.6 is 12.2 Å². The Labute approximate surface area is 70.0 Å². The first kappa shape index (κ1) is 8.42. The molecule has 62 valence electrons. The smallest absolute Gasteiger partial charge is 0.213 e. The second-order valence-corrected chi connectivity index (χ2v) is 2.86. The molecule has 0 spiro atoms. The van der Waals surface area contributed by atoms with E-state index >= 15 is 0 Å². The van der Waals surface area contributed by atoms with Gasteiger partial charge in [0.25, 0.3) is 0 Å². The number of nitrogens with zero attached hydrogens (tertiary/aromatic N) is 1. The van der Waals surface area contributed by atoms with Crippen LogP contribution in [0.15, 0.2) is 0 Å². The Morgan fingerprint density at radius 2 is 2.27 bits per heavy atom. The van der Waals surface area contributed by atoms with Crippen LogP contribution in [0.3, 0.4) is 0 Å². The van der Waals surface area contributed by atoms with Gasteiger partial charge >= 0.3 is 0 Å². The van der Waals surface area contributed by atoms with Gasteiger partial charge in [0.2, 0.25) is 4.77 Å². The Balaban J connectivity index is 2.45. The lowest BCUT2D eigenvalue weighted by Crippen LogP contribution is -2.03. The molecule has 11 heavy (non-hydrogen) atoms. The monoisotopic (exact) mass is 173 g/mol. The summed E-state index contributed by atoms with van der Waals surface area (Å²) in [5, 5.41) is 5.49. The summed E-state index contributed by atoms with van der Waals surface area (Å²) in [5.41, 5.74) is 0. The predicted octanol–water partition coefficient (Wildman–Crippen LogP) is 1.39. The lowest BCUT2D eigenvalue weighted by Gasteiger charge is -2.03. The molecular formula is C6H11N3OS. The Morgan fingerprint density at radius 3 is 2.73 bits per heavy atom. The highest BCUT2D eigenvalue weighted by molar-refractivity contribution is 7.71. The first-order valence-corrected chi connectivity index (χ1v) is 3.84. The first-order chi connectivity index (χ1) is 5.18. The van der Waals surface area contributed by atoms with E-state index in [2.05, 4.69) is 15.2 Å². The van der Waals surface area contributed by atoms with Crippen LogP contribution in [0, 0.1) is 4.77 Å². The standard InChI is InChI=1S/C6H11N3OS/c1-4(2)10-3-5-7-6(11)9-8-5/h4H,3H2,1-2H3,(H2,7,8,9,11). The van der Waals surface area contributed by atoms with E-state index in [1.807, 2.05) is 13.8 Å². The lowest BCUT2D eigenvalue weighted by molar-refractivity contribution is 0.0614. The van der Waals surface area contributed by atoms with E-state index in [9.17, 15) is 0 Å². The quantitative estimate of drug-likeness (QED) is 0.679. The molecule has 1 rings (SSSR count). The molecule has 0 unspecified atom stereocenters. The van der Waals surface area contributed by atoms with E-state index in [0.29, 0.717) is 11.4 Å². The topological polar surface area (TPSA) is 53.7 Å². The maximum absolute atomic E-state index is 5.28. The third-order valence-electron chi connectivity index (χ3n) is 1.10. The van der Waals surface area contributed by atoms with Gasteiger partial charge in [0, 0.05) is 0 Å². The Kier molecular flexibility index (Phi) is 2.78. The second kappa shape index (κ2) is 3.64. The molecule has 1 aromatic rings. The van der Waals surface area contributed by atoms with Crippen molar-refractivity contribution in [2.75, 3.05) is 0 Å². The summed E-state index contributed by atoms with van der Waals surface area (Å²) in [7, 11) is 0. The first-order valence-electron chi connectivity index (χ1n) is 3.43. The fourth-order valence-corrected chi connectivity index (χ4v) is 0.779. The van der Waals surface area contributed by atoms with E-state index < -0.39 is 0 Å². The minimum Gasteiger partial charge on any atom is -0.371 e. The summed E-state index contributed by atoms with van der Waals surface area (Å²) in [4.78, 5) is 3.96. The fraction of sp³-hybridized carbons (Fsp3) is 0.667. The molecule has 1 heterocycles. The maximum Gasteiger partial charge on any atom is 0.213 e. The van der Waals surface area contributed by atoms with Crippen molar-refractivity contribution >= 4 is 12.2 Å². The van der Waals surface area contributed by atoms with Gasteiger partial charge < -0.3 is 4.74 Å². The van der Waals surface area contributed by atoms with Gasteiger partial charge in [-0.1, -0.05) is 0 Å². The third kappa shape index (κ3) is 2.81. The van der Waals surface area contributed by atoms with Gasteiger partial charge in [-0.3, -0.25) is 10.2 Å². The number of aromatic nitrogens is 3.